The van der Waals surface area contributed by atoms with E-state index in [0.717, 1.165) is 5.56 Å². The van der Waals surface area contributed by atoms with Gasteiger partial charge in [0, 0.05) is 18.3 Å². The molecule has 0 bridgehead atoms. The number of pyridine rings is 1. The molecule has 1 atom stereocenters. The Morgan fingerprint density at radius 3 is 2.50 bits per heavy atom. The Morgan fingerprint density at radius 2 is 1.86 bits per heavy atom. The quantitative estimate of drug-likeness (QED) is 0.852. The van der Waals surface area contributed by atoms with Crippen LogP contribution < -0.4 is 5.32 Å². The van der Waals surface area contributed by atoms with Crippen LogP contribution in [0.3, 0.4) is 0 Å². The molecule has 114 valence electrons. The molecule has 2 N–H and O–H groups in total. The highest BCUT2D eigenvalue weighted by molar-refractivity contribution is 5.80. The number of hydrogen-bond acceptors (Lipinski definition) is 4. The van der Waals surface area contributed by atoms with Gasteiger partial charge >= 0.3 is 12.1 Å². The van der Waals surface area contributed by atoms with Gasteiger partial charge in [-0.05, 0) is 17.7 Å². The molecule has 0 saturated carbocycles. The van der Waals surface area contributed by atoms with E-state index in [9.17, 15) is 14.7 Å². The van der Waals surface area contributed by atoms with Crippen LogP contribution in [0.2, 0.25) is 0 Å². The van der Waals surface area contributed by atoms with E-state index < -0.39 is 18.1 Å². The first-order valence-corrected chi connectivity index (χ1v) is 6.75. The summed E-state index contributed by atoms with van der Waals surface area (Å²) < 4.78 is 5.01. The van der Waals surface area contributed by atoms with Crippen LogP contribution >= 0.6 is 0 Å². The second-order valence-corrected chi connectivity index (χ2v) is 4.62. The fourth-order valence-corrected chi connectivity index (χ4v) is 1.84. The second kappa shape index (κ2) is 7.78. The normalized spacial score (nSPS) is 11.5. The Kier molecular flexibility index (Phi) is 5.48. The number of nitrogens with one attached hydrogen (secondary N) is 1. The Labute approximate surface area is 127 Å². The van der Waals surface area contributed by atoms with Crippen molar-refractivity contribution in [2.24, 2.45) is 0 Å². The van der Waals surface area contributed by atoms with E-state index in [2.05, 4.69) is 10.3 Å². The van der Waals surface area contributed by atoms with Gasteiger partial charge < -0.3 is 15.2 Å². The molecule has 0 radical (unpaired) electrons. The van der Waals surface area contributed by atoms with Crippen LogP contribution in [-0.4, -0.2) is 28.2 Å². The number of alkyl carbamates (subject to hydrolysis) is 1. The zero-order valence-corrected chi connectivity index (χ0v) is 11.8. The smallest absolute Gasteiger partial charge is 0.408 e. The highest BCUT2D eigenvalue weighted by atomic mass is 16.5. The minimum Gasteiger partial charge on any atom is -0.480 e. The summed E-state index contributed by atoms with van der Waals surface area (Å²) in [6.07, 6.45) is 0.894. The van der Waals surface area contributed by atoms with E-state index in [1.54, 1.807) is 24.4 Å². The Hall–Kier alpha value is -2.89. The second-order valence-electron chi connectivity index (χ2n) is 4.62. The molecule has 0 spiro atoms. The van der Waals surface area contributed by atoms with E-state index in [1.165, 1.54) is 0 Å². The number of benzene rings is 1. The highest BCUT2D eigenvalue weighted by Crippen LogP contribution is 2.03. The SMILES string of the molecule is O=C(N[C@@H](Cc1ccccn1)C(=O)O)OCc1ccccc1. The van der Waals surface area contributed by atoms with Gasteiger partial charge in [0.05, 0.1) is 0 Å². The van der Waals surface area contributed by atoms with Gasteiger partial charge in [-0.25, -0.2) is 9.59 Å². The molecule has 0 saturated heterocycles. The van der Waals surface area contributed by atoms with Crippen LogP contribution in [0.5, 0.6) is 0 Å². The van der Waals surface area contributed by atoms with Gasteiger partial charge in [-0.2, -0.15) is 0 Å². The fourth-order valence-electron chi connectivity index (χ4n) is 1.84. The van der Waals surface area contributed by atoms with Crippen LogP contribution in [0.25, 0.3) is 0 Å². The van der Waals surface area contributed by atoms with Crippen molar-refractivity contribution in [3.8, 4) is 0 Å². The summed E-state index contributed by atoms with van der Waals surface area (Å²) in [5, 5.41) is 11.5. The van der Waals surface area contributed by atoms with Crippen LogP contribution in [-0.2, 0) is 22.6 Å². The van der Waals surface area contributed by atoms with Crippen molar-refractivity contribution in [3.05, 3.63) is 66.0 Å². The van der Waals surface area contributed by atoms with Gasteiger partial charge in [0.1, 0.15) is 12.6 Å². The minimum absolute atomic E-state index is 0.0859. The Bertz CT molecular complexity index is 617. The summed E-state index contributed by atoms with van der Waals surface area (Å²) in [6, 6.07) is 13.3. The first-order chi connectivity index (χ1) is 10.6. The predicted molar refractivity (Wildman–Crippen MR) is 79.1 cm³/mol. The predicted octanol–water partition coefficient (Wildman–Crippen LogP) is 2.00. The summed E-state index contributed by atoms with van der Waals surface area (Å²) in [4.78, 5) is 27.0. The molecular formula is C16H16N2O4. The third kappa shape index (κ3) is 4.90. The van der Waals surface area contributed by atoms with Gasteiger partial charge in [-0.3, -0.25) is 4.98 Å². The molecule has 1 amide bonds. The summed E-state index contributed by atoms with van der Waals surface area (Å²) in [5.74, 6) is -1.14. The summed E-state index contributed by atoms with van der Waals surface area (Å²) >= 11 is 0. The number of carboxylic acids is 1. The summed E-state index contributed by atoms with van der Waals surface area (Å²) in [5.41, 5.74) is 1.41. The Morgan fingerprint density at radius 1 is 1.14 bits per heavy atom. The van der Waals surface area contributed by atoms with Crippen molar-refractivity contribution in [2.75, 3.05) is 0 Å². The maximum atomic E-state index is 11.7. The third-order valence-electron chi connectivity index (χ3n) is 2.94. The van der Waals surface area contributed by atoms with Crippen molar-refractivity contribution in [1.82, 2.24) is 10.3 Å². The number of hydrogen-bond donors (Lipinski definition) is 2. The van der Waals surface area contributed by atoms with E-state index in [0.29, 0.717) is 5.69 Å². The van der Waals surface area contributed by atoms with Crippen LogP contribution in [0.1, 0.15) is 11.3 Å². The minimum atomic E-state index is -1.14. The van der Waals surface area contributed by atoms with E-state index in [1.807, 2.05) is 30.3 Å². The molecule has 0 aliphatic rings. The first kappa shape index (κ1) is 15.5. The molecule has 2 rings (SSSR count). The number of rotatable bonds is 6. The molecule has 6 nitrogen and oxygen atoms in total. The lowest BCUT2D eigenvalue weighted by Crippen LogP contribution is -2.42. The first-order valence-electron chi connectivity index (χ1n) is 6.75. The molecule has 0 fully saturated rings. The molecule has 22 heavy (non-hydrogen) atoms. The average Bonchev–Trinajstić information content (AvgIpc) is 2.54. The van der Waals surface area contributed by atoms with Gasteiger partial charge in [0.2, 0.25) is 0 Å². The number of carboxylic acid groups (broad SMARTS) is 1. The molecule has 1 aromatic carbocycles. The number of carbonyl (C=O) groups excluding carboxylic acids is 1. The number of nitrogens with zero attached hydrogens (tertiary/aromatic N) is 1. The number of aliphatic carboxylic acids is 1. The Balaban J connectivity index is 1.88. The van der Waals surface area contributed by atoms with E-state index in [4.69, 9.17) is 4.74 Å². The molecule has 6 heteroatoms. The molecular weight excluding hydrogens is 284 g/mol. The van der Waals surface area contributed by atoms with Crippen molar-refractivity contribution in [2.45, 2.75) is 19.1 Å². The number of aromatic nitrogens is 1. The van der Waals surface area contributed by atoms with Crippen LogP contribution in [0.4, 0.5) is 4.79 Å². The number of amides is 1. The standard InChI is InChI=1S/C16H16N2O4/c19-15(20)14(10-13-8-4-5-9-17-13)18-16(21)22-11-12-6-2-1-3-7-12/h1-9,14H,10-11H2,(H,18,21)(H,19,20)/t14-/m0/s1. The van der Waals surface area contributed by atoms with Gasteiger partial charge in [-0.15, -0.1) is 0 Å². The highest BCUT2D eigenvalue weighted by Gasteiger charge is 2.21. The lowest BCUT2D eigenvalue weighted by Gasteiger charge is -2.14. The van der Waals surface area contributed by atoms with Crippen molar-refractivity contribution >= 4 is 12.1 Å². The van der Waals surface area contributed by atoms with Gasteiger partial charge in [0.25, 0.3) is 0 Å². The molecule has 0 aliphatic heterocycles. The van der Waals surface area contributed by atoms with Crippen LogP contribution in [0.15, 0.2) is 54.7 Å². The van der Waals surface area contributed by atoms with E-state index >= 15 is 0 Å². The maximum Gasteiger partial charge on any atom is 0.408 e. The topological polar surface area (TPSA) is 88.5 Å². The van der Waals surface area contributed by atoms with Crippen molar-refractivity contribution < 1.29 is 19.4 Å². The van der Waals surface area contributed by atoms with Gasteiger partial charge in [0.15, 0.2) is 0 Å². The summed E-state index contributed by atoms with van der Waals surface area (Å²) in [6.45, 7) is 0.0859. The lowest BCUT2D eigenvalue weighted by molar-refractivity contribution is -0.139. The molecule has 0 aliphatic carbocycles. The monoisotopic (exact) mass is 300 g/mol. The zero-order chi connectivity index (χ0) is 15.8. The third-order valence-corrected chi connectivity index (χ3v) is 2.94. The zero-order valence-electron chi connectivity index (χ0n) is 11.8. The summed E-state index contributed by atoms with van der Waals surface area (Å²) in [7, 11) is 0. The van der Waals surface area contributed by atoms with Crippen LogP contribution in [0, 0.1) is 0 Å². The number of ether oxygens (including phenoxy) is 1. The average molecular weight is 300 g/mol. The number of carbonyl (C=O) groups is 2. The van der Waals surface area contributed by atoms with E-state index in [-0.39, 0.29) is 13.0 Å². The maximum absolute atomic E-state index is 11.7. The van der Waals surface area contributed by atoms with Crippen molar-refractivity contribution in [1.29, 1.82) is 0 Å². The molecule has 2 aromatic rings. The van der Waals surface area contributed by atoms with Crippen molar-refractivity contribution in [3.63, 3.8) is 0 Å². The molecule has 1 aromatic heterocycles. The molecule has 0 unspecified atom stereocenters. The largest absolute Gasteiger partial charge is 0.480 e. The van der Waals surface area contributed by atoms with Gasteiger partial charge in [-0.1, -0.05) is 36.4 Å². The molecule has 1 heterocycles. The lowest BCUT2D eigenvalue weighted by atomic mass is 10.1. The fraction of sp³-hybridized carbons (Fsp3) is 0.188.